The number of hydrogen-bond donors (Lipinski definition) is 1. The molecule has 1 saturated heterocycles. The summed E-state index contributed by atoms with van der Waals surface area (Å²) in [6, 6.07) is 9.79. The van der Waals surface area contributed by atoms with E-state index in [1.165, 1.54) is 0 Å². The van der Waals surface area contributed by atoms with Crippen molar-refractivity contribution in [2.75, 3.05) is 26.2 Å². The van der Waals surface area contributed by atoms with Gasteiger partial charge in [0.1, 0.15) is 0 Å². The average molecular weight is 319 g/mol. The molecule has 0 bridgehead atoms. The SMILES string of the molecule is Cc1nc(-c2ccccc2)ncc1C(=O)N1CCNCC1.Cl. The molecule has 0 radical (unpaired) electrons. The monoisotopic (exact) mass is 318 g/mol. The molecule has 6 heteroatoms. The van der Waals surface area contributed by atoms with Crippen LogP contribution in [-0.4, -0.2) is 47.0 Å². The molecule has 1 amide bonds. The highest BCUT2D eigenvalue weighted by molar-refractivity contribution is 5.95. The summed E-state index contributed by atoms with van der Waals surface area (Å²) in [5, 5.41) is 3.24. The van der Waals surface area contributed by atoms with Crippen molar-refractivity contribution in [1.82, 2.24) is 20.2 Å². The van der Waals surface area contributed by atoms with Crippen LogP contribution in [0.2, 0.25) is 0 Å². The van der Waals surface area contributed by atoms with Crippen LogP contribution in [0.3, 0.4) is 0 Å². The molecule has 0 saturated carbocycles. The number of hydrogen-bond acceptors (Lipinski definition) is 4. The number of piperazine rings is 1. The number of halogens is 1. The number of amides is 1. The van der Waals surface area contributed by atoms with E-state index < -0.39 is 0 Å². The second-order valence-electron chi connectivity index (χ2n) is 5.10. The highest BCUT2D eigenvalue weighted by atomic mass is 35.5. The van der Waals surface area contributed by atoms with Gasteiger partial charge in [0.25, 0.3) is 5.91 Å². The van der Waals surface area contributed by atoms with E-state index in [0.717, 1.165) is 37.4 Å². The van der Waals surface area contributed by atoms with Crippen LogP contribution in [0.25, 0.3) is 11.4 Å². The highest BCUT2D eigenvalue weighted by Gasteiger charge is 2.20. The summed E-state index contributed by atoms with van der Waals surface area (Å²) < 4.78 is 0. The van der Waals surface area contributed by atoms with Crippen molar-refractivity contribution >= 4 is 18.3 Å². The van der Waals surface area contributed by atoms with Gasteiger partial charge in [-0.15, -0.1) is 12.4 Å². The van der Waals surface area contributed by atoms with E-state index in [1.54, 1.807) is 6.20 Å². The molecule has 5 nitrogen and oxygen atoms in total. The summed E-state index contributed by atoms with van der Waals surface area (Å²) in [5.41, 5.74) is 2.28. The Kier molecular flexibility index (Phi) is 5.46. The van der Waals surface area contributed by atoms with Crippen molar-refractivity contribution in [3.8, 4) is 11.4 Å². The Hall–Kier alpha value is -1.98. The van der Waals surface area contributed by atoms with Crippen LogP contribution in [0, 0.1) is 6.92 Å². The number of aromatic nitrogens is 2. The number of carbonyl (C=O) groups is 1. The molecule has 0 spiro atoms. The minimum Gasteiger partial charge on any atom is -0.336 e. The van der Waals surface area contributed by atoms with E-state index >= 15 is 0 Å². The Morgan fingerprint density at radius 1 is 1.18 bits per heavy atom. The molecule has 0 atom stereocenters. The predicted octanol–water partition coefficient (Wildman–Crippen LogP) is 1.92. The Balaban J connectivity index is 0.00000176. The third-order valence-corrected chi connectivity index (χ3v) is 3.65. The first-order valence-corrected chi connectivity index (χ1v) is 7.15. The largest absolute Gasteiger partial charge is 0.336 e. The van der Waals surface area contributed by atoms with Gasteiger partial charge in [-0.1, -0.05) is 30.3 Å². The fraction of sp³-hybridized carbons (Fsp3) is 0.312. The van der Waals surface area contributed by atoms with Gasteiger partial charge in [0.05, 0.1) is 11.3 Å². The van der Waals surface area contributed by atoms with Crippen LogP contribution in [0.1, 0.15) is 16.1 Å². The zero-order valence-electron chi connectivity index (χ0n) is 12.5. The number of benzene rings is 1. The molecule has 1 aliphatic heterocycles. The van der Waals surface area contributed by atoms with E-state index in [4.69, 9.17) is 0 Å². The molecule has 1 fully saturated rings. The van der Waals surface area contributed by atoms with E-state index in [0.29, 0.717) is 11.4 Å². The molecular formula is C16H19ClN4O. The first-order valence-electron chi connectivity index (χ1n) is 7.15. The summed E-state index contributed by atoms with van der Waals surface area (Å²) in [4.78, 5) is 23.2. The lowest BCUT2D eigenvalue weighted by molar-refractivity contribution is 0.0734. The van der Waals surface area contributed by atoms with Crippen molar-refractivity contribution in [2.45, 2.75) is 6.92 Å². The Morgan fingerprint density at radius 3 is 2.50 bits per heavy atom. The van der Waals surface area contributed by atoms with Gasteiger partial charge in [-0.05, 0) is 6.92 Å². The number of nitrogens with zero attached hydrogens (tertiary/aromatic N) is 3. The second-order valence-corrected chi connectivity index (χ2v) is 5.10. The molecule has 1 N–H and O–H groups in total. The normalized spacial score (nSPS) is 14.3. The zero-order valence-corrected chi connectivity index (χ0v) is 13.3. The third-order valence-electron chi connectivity index (χ3n) is 3.65. The Bertz CT molecular complexity index is 642. The molecule has 22 heavy (non-hydrogen) atoms. The lowest BCUT2D eigenvalue weighted by Crippen LogP contribution is -2.46. The van der Waals surface area contributed by atoms with Crippen LogP contribution >= 0.6 is 12.4 Å². The van der Waals surface area contributed by atoms with Crippen LogP contribution in [0.15, 0.2) is 36.5 Å². The Labute approximate surface area is 136 Å². The number of aryl methyl sites for hydroxylation is 1. The third kappa shape index (κ3) is 3.43. The van der Waals surface area contributed by atoms with Gasteiger partial charge in [-0.3, -0.25) is 4.79 Å². The number of rotatable bonds is 2. The summed E-state index contributed by atoms with van der Waals surface area (Å²) >= 11 is 0. The van der Waals surface area contributed by atoms with Gasteiger partial charge in [-0.2, -0.15) is 0 Å². The van der Waals surface area contributed by atoms with Gasteiger partial charge < -0.3 is 10.2 Å². The maximum absolute atomic E-state index is 12.5. The van der Waals surface area contributed by atoms with Gasteiger partial charge in [0, 0.05) is 37.9 Å². The van der Waals surface area contributed by atoms with Gasteiger partial charge in [0.15, 0.2) is 5.82 Å². The quantitative estimate of drug-likeness (QED) is 0.919. The molecule has 1 aliphatic rings. The minimum atomic E-state index is 0. The van der Waals surface area contributed by atoms with Crippen LogP contribution in [-0.2, 0) is 0 Å². The van der Waals surface area contributed by atoms with Crippen LogP contribution < -0.4 is 5.32 Å². The lowest BCUT2D eigenvalue weighted by Gasteiger charge is -2.27. The molecule has 1 aromatic carbocycles. The summed E-state index contributed by atoms with van der Waals surface area (Å²) in [6.07, 6.45) is 1.65. The van der Waals surface area contributed by atoms with Crippen LogP contribution in [0.4, 0.5) is 0 Å². The molecular weight excluding hydrogens is 300 g/mol. The maximum Gasteiger partial charge on any atom is 0.257 e. The summed E-state index contributed by atoms with van der Waals surface area (Å²) in [6.45, 7) is 5.02. The molecule has 3 rings (SSSR count). The fourth-order valence-electron chi connectivity index (χ4n) is 2.44. The zero-order chi connectivity index (χ0) is 14.7. The number of carbonyl (C=O) groups excluding carboxylic acids is 1. The molecule has 1 aromatic heterocycles. The van der Waals surface area contributed by atoms with Crippen molar-refractivity contribution in [3.63, 3.8) is 0 Å². The fourth-order valence-corrected chi connectivity index (χ4v) is 2.44. The highest BCUT2D eigenvalue weighted by Crippen LogP contribution is 2.16. The van der Waals surface area contributed by atoms with Crippen LogP contribution in [0.5, 0.6) is 0 Å². The first kappa shape index (κ1) is 16.4. The molecule has 2 heterocycles. The minimum absolute atomic E-state index is 0. The van der Waals surface area contributed by atoms with Gasteiger partial charge >= 0.3 is 0 Å². The van der Waals surface area contributed by atoms with Crippen molar-refractivity contribution in [2.24, 2.45) is 0 Å². The van der Waals surface area contributed by atoms with Crippen molar-refractivity contribution in [1.29, 1.82) is 0 Å². The molecule has 116 valence electrons. The smallest absolute Gasteiger partial charge is 0.257 e. The maximum atomic E-state index is 12.5. The lowest BCUT2D eigenvalue weighted by atomic mass is 10.1. The molecule has 2 aromatic rings. The topological polar surface area (TPSA) is 58.1 Å². The molecule has 0 unspecified atom stereocenters. The Morgan fingerprint density at radius 2 is 1.86 bits per heavy atom. The summed E-state index contributed by atoms with van der Waals surface area (Å²) in [5.74, 6) is 0.679. The molecule has 0 aliphatic carbocycles. The summed E-state index contributed by atoms with van der Waals surface area (Å²) in [7, 11) is 0. The van der Waals surface area contributed by atoms with Crippen molar-refractivity contribution in [3.05, 3.63) is 47.8 Å². The van der Waals surface area contributed by atoms with Crippen molar-refractivity contribution < 1.29 is 4.79 Å². The van der Waals surface area contributed by atoms with Gasteiger partial charge in [0.2, 0.25) is 0 Å². The van der Waals surface area contributed by atoms with E-state index in [9.17, 15) is 4.79 Å². The van der Waals surface area contributed by atoms with E-state index in [-0.39, 0.29) is 18.3 Å². The second kappa shape index (κ2) is 7.33. The van der Waals surface area contributed by atoms with E-state index in [2.05, 4.69) is 15.3 Å². The predicted molar refractivity (Wildman–Crippen MR) is 88.2 cm³/mol. The van der Waals surface area contributed by atoms with E-state index in [1.807, 2.05) is 42.2 Å². The van der Waals surface area contributed by atoms with Gasteiger partial charge in [-0.25, -0.2) is 9.97 Å². The number of nitrogens with one attached hydrogen (secondary N) is 1. The average Bonchev–Trinajstić information content (AvgIpc) is 2.56. The standard InChI is InChI=1S/C16H18N4O.ClH/c1-12-14(16(21)20-9-7-17-8-10-20)11-18-15(19-12)13-5-3-2-4-6-13;/h2-6,11,17H,7-10H2,1H3;1H. The first-order chi connectivity index (χ1) is 10.3.